The highest BCUT2D eigenvalue weighted by molar-refractivity contribution is 7.89. The molecule has 62 valence electrons. The van der Waals surface area contributed by atoms with Crippen molar-refractivity contribution in [3.8, 4) is 0 Å². The first-order valence-electron chi connectivity index (χ1n) is 1.88. The van der Waals surface area contributed by atoms with Gasteiger partial charge in [0.05, 0.1) is 0 Å². The lowest BCUT2D eigenvalue weighted by Gasteiger charge is -2.08. The van der Waals surface area contributed by atoms with Gasteiger partial charge in [-0.2, -0.15) is 13.2 Å². The molecule has 0 heterocycles. The van der Waals surface area contributed by atoms with E-state index in [9.17, 15) is 26.0 Å². The van der Waals surface area contributed by atoms with Gasteiger partial charge in [0.2, 0.25) is 0 Å². The van der Waals surface area contributed by atoms with Crippen molar-refractivity contribution < 1.29 is 26.0 Å². The highest BCUT2D eigenvalue weighted by Crippen LogP contribution is 2.25. The Bertz CT molecular complexity index is 206. The standard InChI is InChI=1S/C2H3F4NO2S/c3-1(2(4,5)6)10(7,8)9/h1H,(H2,7,8,9). The van der Waals surface area contributed by atoms with Gasteiger partial charge in [-0.1, -0.05) is 0 Å². The molecule has 0 fully saturated rings. The van der Waals surface area contributed by atoms with Gasteiger partial charge in [-0.05, 0) is 0 Å². The van der Waals surface area contributed by atoms with E-state index in [1.54, 1.807) is 0 Å². The summed E-state index contributed by atoms with van der Waals surface area (Å²) in [6, 6.07) is 0. The Morgan fingerprint density at radius 2 is 1.60 bits per heavy atom. The van der Waals surface area contributed by atoms with Crippen LogP contribution in [0.25, 0.3) is 0 Å². The van der Waals surface area contributed by atoms with Gasteiger partial charge >= 0.3 is 11.7 Å². The molecule has 0 radical (unpaired) electrons. The molecule has 2 N–H and O–H groups in total. The van der Waals surface area contributed by atoms with Gasteiger partial charge in [-0.3, -0.25) is 0 Å². The summed E-state index contributed by atoms with van der Waals surface area (Å²) >= 11 is 0. The predicted octanol–water partition coefficient (Wildman–Crippen LogP) is 0.133. The van der Waals surface area contributed by atoms with Crippen molar-refractivity contribution >= 4 is 10.0 Å². The molecule has 0 amide bonds. The molecule has 0 rings (SSSR count). The van der Waals surface area contributed by atoms with E-state index < -0.39 is 21.7 Å². The number of sulfonamides is 1. The Balaban J connectivity index is 4.56. The fraction of sp³-hybridized carbons (Fsp3) is 1.00. The number of nitrogens with two attached hydrogens (primary N) is 1. The summed E-state index contributed by atoms with van der Waals surface area (Å²) in [5.74, 6) is 0. The highest BCUT2D eigenvalue weighted by Gasteiger charge is 2.47. The third-order valence-electron chi connectivity index (χ3n) is 0.546. The lowest BCUT2D eigenvalue weighted by Crippen LogP contribution is -2.37. The third-order valence-corrected chi connectivity index (χ3v) is 1.39. The lowest BCUT2D eigenvalue weighted by atomic mass is 10.7. The lowest BCUT2D eigenvalue weighted by molar-refractivity contribution is -0.156. The fourth-order valence-electron chi connectivity index (χ4n) is 0.186. The number of halogens is 4. The Morgan fingerprint density at radius 3 is 1.60 bits per heavy atom. The summed E-state index contributed by atoms with van der Waals surface area (Å²) in [5.41, 5.74) is -3.99. The maximum Gasteiger partial charge on any atom is 0.435 e. The van der Waals surface area contributed by atoms with Crippen molar-refractivity contribution in [2.75, 3.05) is 0 Å². The molecule has 8 heteroatoms. The van der Waals surface area contributed by atoms with Crippen LogP contribution in [0.2, 0.25) is 0 Å². The van der Waals surface area contributed by atoms with Crippen LogP contribution in [0, 0.1) is 0 Å². The van der Waals surface area contributed by atoms with Gasteiger partial charge in [0, 0.05) is 0 Å². The Hall–Kier alpha value is -0.370. The first-order valence-corrected chi connectivity index (χ1v) is 3.49. The van der Waals surface area contributed by atoms with E-state index in [4.69, 9.17) is 0 Å². The van der Waals surface area contributed by atoms with E-state index in [-0.39, 0.29) is 0 Å². The van der Waals surface area contributed by atoms with Crippen molar-refractivity contribution in [3.63, 3.8) is 0 Å². The monoisotopic (exact) mass is 181 g/mol. The second-order valence-electron chi connectivity index (χ2n) is 1.45. The Kier molecular flexibility index (Phi) is 2.26. The van der Waals surface area contributed by atoms with Crippen LogP contribution in [0.3, 0.4) is 0 Å². The zero-order chi connectivity index (χ0) is 8.58. The van der Waals surface area contributed by atoms with Gasteiger partial charge in [0.1, 0.15) is 0 Å². The van der Waals surface area contributed by atoms with Crippen LogP contribution in [0.15, 0.2) is 0 Å². The van der Waals surface area contributed by atoms with Gasteiger partial charge in [-0.15, -0.1) is 0 Å². The minimum atomic E-state index is -5.44. The maximum absolute atomic E-state index is 11.6. The van der Waals surface area contributed by atoms with Gasteiger partial charge in [0.25, 0.3) is 10.0 Å². The van der Waals surface area contributed by atoms with Crippen LogP contribution in [0.4, 0.5) is 17.6 Å². The van der Waals surface area contributed by atoms with Crippen molar-refractivity contribution in [3.05, 3.63) is 0 Å². The zero-order valence-corrected chi connectivity index (χ0v) is 5.21. The summed E-state index contributed by atoms with van der Waals surface area (Å²) in [5, 5.41) is 3.84. The minimum absolute atomic E-state index is 3.84. The largest absolute Gasteiger partial charge is 0.435 e. The smallest absolute Gasteiger partial charge is 0.226 e. The molecular formula is C2H3F4NO2S. The molecule has 0 spiro atoms. The quantitative estimate of drug-likeness (QED) is 0.584. The molecule has 0 saturated carbocycles. The van der Waals surface area contributed by atoms with Crippen LogP contribution >= 0.6 is 0 Å². The second-order valence-corrected chi connectivity index (χ2v) is 3.04. The maximum atomic E-state index is 11.6. The molecule has 0 aromatic heterocycles. The van der Waals surface area contributed by atoms with Crippen molar-refractivity contribution in [2.24, 2.45) is 5.14 Å². The predicted molar refractivity (Wildman–Crippen MR) is 24.1 cm³/mol. The minimum Gasteiger partial charge on any atom is -0.226 e. The SMILES string of the molecule is NS(=O)(=O)C(F)C(F)(F)F. The molecular weight excluding hydrogens is 178 g/mol. The number of alkyl halides is 4. The van der Waals surface area contributed by atoms with E-state index in [0.717, 1.165) is 0 Å². The van der Waals surface area contributed by atoms with E-state index in [0.29, 0.717) is 0 Å². The van der Waals surface area contributed by atoms with Gasteiger partial charge in [-0.25, -0.2) is 17.9 Å². The molecule has 0 aliphatic rings. The number of rotatable bonds is 1. The molecule has 1 unspecified atom stereocenters. The van der Waals surface area contributed by atoms with Crippen molar-refractivity contribution in [1.29, 1.82) is 0 Å². The molecule has 0 saturated heterocycles. The average Bonchev–Trinajstić information content (AvgIpc) is 1.59. The van der Waals surface area contributed by atoms with Crippen molar-refractivity contribution in [1.82, 2.24) is 0 Å². The highest BCUT2D eigenvalue weighted by atomic mass is 32.2. The van der Waals surface area contributed by atoms with Gasteiger partial charge in [0.15, 0.2) is 0 Å². The first kappa shape index (κ1) is 9.63. The van der Waals surface area contributed by atoms with E-state index in [1.807, 2.05) is 0 Å². The van der Waals surface area contributed by atoms with E-state index in [1.165, 1.54) is 0 Å². The molecule has 0 bridgehead atoms. The zero-order valence-electron chi connectivity index (χ0n) is 4.39. The summed E-state index contributed by atoms with van der Waals surface area (Å²) in [6.07, 6.45) is -5.44. The van der Waals surface area contributed by atoms with Crippen LogP contribution in [0.1, 0.15) is 0 Å². The first-order chi connectivity index (χ1) is 4.15. The average molecular weight is 181 g/mol. The van der Waals surface area contributed by atoms with Crippen LogP contribution in [-0.4, -0.2) is 20.1 Å². The van der Waals surface area contributed by atoms with E-state index >= 15 is 0 Å². The van der Waals surface area contributed by atoms with Gasteiger partial charge < -0.3 is 0 Å². The molecule has 0 aromatic carbocycles. The summed E-state index contributed by atoms with van der Waals surface area (Å²) in [7, 11) is -5.15. The van der Waals surface area contributed by atoms with E-state index in [2.05, 4.69) is 5.14 Å². The number of hydrogen-bond acceptors (Lipinski definition) is 2. The normalized spacial score (nSPS) is 16.9. The molecule has 0 aliphatic heterocycles. The van der Waals surface area contributed by atoms with Crippen LogP contribution in [-0.2, 0) is 10.0 Å². The summed E-state index contributed by atoms with van der Waals surface area (Å²) in [6.45, 7) is 0. The third kappa shape index (κ3) is 2.48. The molecule has 0 aliphatic carbocycles. The Labute approximate surface area is 53.9 Å². The van der Waals surface area contributed by atoms with Crippen LogP contribution in [0.5, 0.6) is 0 Å². The molecule has 10 heavy (non-hydrogen) atoms. The molecule has 3 nitrogen and oxygen atoms in total. The topological polar surface area (TPSA) is 60.2 Å². The number of primary sulfonamides is 1. The number of hydrogen-bond donors (Lipinski definition) is 1. The second kappa shape index (κ2) is 2.35. The fourth-order valence-corrected chi connectivity index (χ4v) is 0.559. The molecule has 1 atom stereocenters. The Morgan fingerprint density at radius 1 is 1.30 bits per heavy atom. The van der Waals surface area contributed by atoms with Crippen LogP contribution < -0.4 is 5.14 Å². The summed E-state index contributed by atoms with van der Waals surface area (Å²) in [4.78, 5) is 0. The van der Waals surface area contributed by atoms with Crippen molar-refractivity contribution in [2.45, 2.75) is 11.7 Å². The summed E-state index contributed by atoms with van der Waals surface area (Å²) < 4.78 is 64.2. The molecule has 0 aromatic rings.